The van der Waals surface area contributed by atoms with E-state index in [0.29, 0.717) is 24.3 Å². The maximum absolute atomic E-state index is 12.9. The normalized spacial score (nSPS) is 29.8. The zero-order valence-corrected chi connectivity index (χ0v) is 21.8. The van der Waals surface area contributed by atoms with Crippen LogP contribution in [0.5, 0.6) is 0 Å². The Labute approximate surface area is 216 Å². The molecule has 188 valence electrons. The first-order valence-electron chi connectivity index (χ1n) is 12.8. The number of amides is 1. The summed E-state index contributed by atoms with van der Waals surface area (Å²) in [7, 11) is -0.317. The van der Waals surface area contributed by atoms with Gasteiger partial charge in [-0.2, -0.15) is 0 Å². The molecule has 4 N–H and O–H groups in total. The zero-order valence-electron chi connectivity index (χ0n) is 21.1. The molecule has 3 saturated carbocycles. The summed E-state index contributed by atoms with van der Waals surface area (Å²) >= 11 is 0. The molecule has 5 nitrogen and oxygen atoms in total. The van der Waals surface area contributed by atoms with Crippen molar-refractivity contribution in [3.05, 3.63) is 71.8 Å². The van der Waals surface area contributed by atoms with E-state index in [1.807, 2.05) is 36.4 Å². The van der Waals surface area contributed by atoms with Gasteiger partial charge in [-0.1, -0.05) is 74.5 Å². The number of benzene rings is 2. The van der Waals surface area contributed by atoms with Crippen molar-refractivity contribution in [3.8, 4) is 0 Å². The van der Waals surface area contributed by atoms with Gasteiger partial charge in [-0.05, 0) is 54.6 Å². The van der Waals surface area contributed by atoms with Crippen LogP contribution in [-0.2, 0) is 26.9 Å². The van der Waals surface area contributed by atoms with E-state index in [1.165, 1.54) is 12.0 Å². The van der Waals surface area contributed by atoms with Crippen molar-refractivity contribution in [3.63, 3.8) is 0 Å². The average molecular weight is 497 g/mol. The summed E-state index contributed by atoms with van der Waals surface area (Å²) in [5.74, 6) is 1.26. The Morgan fingerprint density at radius 2 is 1.63 bits per heavy atom. The number of carbonyl (C=O) groups excluding carboxylic acids is 1. The molecule has 1 heterocycles. The molecular formula is C28H38BClN2O3. The highest BCUT2D eigenvalue weighted by atomic mass is 35.5. The summed E-state index contributed by atoms with van der Waals surface area (Å²) in [6.45, 7) is 7.53. The van der Waals surface area contributed by atoms with Gasteiger partial charge in [-0.3, -0.25) is 4.79 Å². The van der Waals surface area contributed by atoms with Gasteiger partial charge in [0, 0.05) is 18.8 Å². The standard InChI is InChI=1S/C28H37BN2O3.ClH/c1-27(2)21-16-24(27)28(3)25(17-21)33-29(34-28)22(14-19-10-6-4-7-11-19)18-31-26(32)23(30)15-20-12-8-5-9-13-20;/h4-13,21-25H,14-18,30H2,1-3H3,(H,31,32);1H/t21-,22?,23-,24-,25+,28-;/m0./s1. The van der Waals surface area contributed by atoms with E-state index in [0.717, 1.165) is 24.3 Å². The summed E-state index contributed by atoms with van der Waals surface area (Å²) in [5, 5.41) is 3.17. The summed E-state index contributed by atoms with van der Waals surface area (Å²) < 4.78 is 13.4. The number of hydrogen-bond acceptors (Lipinski definition) is 3. The minimum absolute atomic E-state index is 0. The molecule has 2 aromatic carbocycles. The van der Waals surface area contributed by atoms with Crippen LogP contribution in [0, 0.1) is 17.3 Å². The molecular weight excluding hydrogens is 459 g/mol. The van der Waals surface area contributed by atoms with Crippen molar-refractivity contribution in [2.45, 2.75) is 70.0 Å². The fourth-order valence-electron chi connectivity index (χ4n) is 6.65. The molecule has 1 amide bonds. The first kappa shape index (κ1) is 26.2. The number of rotatable bonds is 8. The fourth-order valence-corrected chi connectivity index (χ4v) is 6.65. The van der Waals surface area contributed by atoms with Crippen LogP contribution in [0.15, 0.2) is 60.7 Å². The lowest BCUT2D eigenvalue weighted by Crippen LogP contribution is -3.00. The maximum atomic E-state index is 12.9. The van der Waals surface area contributed by atoms with Crippen molar-refractivity contribution >= 4 is 13.0 Å². The molecule has 4 aliphatic rings. The Kier molecular flexibility index (Phi) is 7.68. The SMILES string of the molecule is CC1(C)[C@@H]2C[C@H]3OB(C(CNC(=O)[C@@H]([NH3+])Cc4ccccc4)Cc4ccccc4)O[C@@]3(C)[C@H]1C2.[Cl-]. The molecule has 0 radical (unpaired) electrons. The zero-order chi connectivity index (χ0) is 23.9. The third-order valence-corrected chi connectivity index (χ3v) is 8.93. The van der Waals surface area contributed by atoms with Crippen LogP contribution in [0.3, 0.4) is 0 Å². The van der Waals surface area contributed by atoms with E-state index in [2.05, 4.69) is 56.1 Å². The van der Waals surface area contributed by atoms with Gasteiger partial charge in [-0.25, -0.2) is 0 Å². The van der Waals surface area contributed by atoms with Gasteiger partial charge in [0.1, 0.15) is 0 Å². The quantitative estimate of drug-likeness (QED) is 0.516. The second-order valence-corrected chi connectivity index (χ2v) is 11.4. The summed E-state index contributed by atoms with van der Waals surface area (Å²) in [6, 6.07) is 20.2. The highest BCUT2D eigenvalue weighted by Crippen LogP contribution is 2.66. The monoisotopic (exact) mass is 496 g/mol. The van der Waals surface area contributed by atoms with Crippen LogP contribution in [0.2, 0.25) is 5.82 Å². The summed E-state index contributed by atoms with van der Waals surface area (Å²) in [4.78, 5) is 12.9. The highest BCUT2D eigenvalue weighted by molar-refractivity contribution is 6.47. The van der Waals surface area contributed by atoms with Crippen LogP contribution in [0.1, 0.15) is 44.7 Å². The van der Waals surface area contributed by atoms with Gasteiger partial charge in [0.05, 0.1) is 11.7 Å². The maximum Gasteiger partial charge on any atom is 0.463 e. The largest absolute Gasteiger partial charge is 1.00 e. The Morgan fingerprint density at radius 3 is 2.23 bits per heavy atom. The first-order valence-corrected chi connectivity index (χ1v) is 12.8. The smallest absolute Gasteiger partial charge is 0.463 e. The molecule has 3 aliphatic carbocycles. The third-order valence-electron chi connectivity index (χ3n) is 8.93. The van der Waals surface area contributed by atoms with Crippen LogP contribution in [0.4, 0.5) is 0 Å². The van der Waals surface area contributed by atoms with E-state index in [9.17, 15) is 4.79 Å². The van der Waals surface area contributed by atoms with E-state index in [1.54, 1.807) is 0 Å². The van der Waals surface area contributed by atoms with E-state index in [4.69, 9.17) is 9.31 Å². The lowest BCUT2D eigenvalue weighted by molar-refractivity contribution is -0.403. The van der Waals surface area contributed by atoms with Gasteiger partial charge in [0.25, 0.3) is 5.91 Å². The Balaban J connectivity index is 0.00000289. The minimum atomic E-state index is -0.335. The molecule has 2 aromatic rings. The average Bonchev–Trinajstić information content (AvgIpc) is 3.19. The van der Waals surface area contributed by atoms with Crippen molar-refractivity contribution in [2.24, 2.45) is 17.3 Å². The Bertz CT molecular complexity index is 1010. The van der Waals surface area contributed by atoms with E-state index >= 15 is 0 Å². The fraction of sp³-hybridized carbons (Fsp3) is 0.536. The molecule has 4 fully saturated rings. The topological polar surface area (TPSA) is 75.2 Å². The molecule has 1 aliphatic heterocycles. The highest BCUT2D eigenvalue weighted by Gasteiger charge is 2.68. The summed E-state index contributed by atoms with van der Waals surface area (Å²) in [5.41, 5.74) is 6.54. The van der Waals surface area contributed by atoms with Gasteiger partial charge in [0.15, 0.2) is 6.04 Å². The molecule has 6 atom stereocenters. The second kappa shape index (κ2) is 10.3. The molecule has 35 heavy (non-hydrogen) atoms. The van der Waals surface area contributed by atoms with E-state index < -0.39 is 0 Å². The molecule has 0 aromatic heterocycles. The van der Waals surface area contributed by atoms with Crippen molar-refractivity contribution in [1.82, 2.24) is 5.32 Å². The van der Waals surface area contributed by atoms with Crippen molar-refractivity contribution in [1.29, 1.82) is 0 Å². The number of hydrogen-bond donors (Lipinski definition) is 2. The minimum Gasteiger partial charge on any atom is -1.00 e. The van der Waals surface area contributed by atoms with Gasteiger partial charge in [-0.15, -0.1) is 0 Å². The molecule has 1 saturated heterocycles. The molecule has 7 heteroatoms. The number of nitrogens with one attached hydrogen (secondary N) is 1. The van der Waals surface area contributed by atoms with Crippen LogP contribution < -0.4 is 23.5 Å². The lowest BCUT2D eigenvalue weighted by atomic mass is 9.43. The van der Waals surface area contributed by atoms with Gasteiger partial charge < -0.3 is 32.8 Å². The number of carbonyl (C=O) groups is 1. The number of quaternary nitrogens is 1. The first-order chi connectivity index (χ1) is 16.3. The predicted octanol–water partition coefficient (Wildman–Crippen LogP) is 0.301. The predicted molar refractivity (Wildman–Crippen MR) is 134 cm³/mol. The summed E-state index contributed by atoms with van der Waals surface area (Å²) in [6.07, 6.45) is 3.87. The van der Waals surface area contributed by atoms with E-state index in [-0.39, 0.29) is 49.0 Å². The molecule has 1 unspecified atom stereocenters. The van der Waals surface area contributed by atoms with Crippen LogP contribution >= 0.6 is 0 Å². The van der Waals surface area contributed by atoms with Gasteiger partial charge in [0.2, 0.25) is 0 Å². The van der Waals surface area contributed by atoms with Crippen molar-refractivity contribution in [2.75, 3.05) is 6.54 Å². The molecule has 6 rings (SSSR count). The van der Waals surface area contributed by atoms with Crippen LogP contribution in [-0.4, -0.2) is 37.3 Å². The Hall–Kier alpha value is -1.86. The second-order valence-electron chi connectivity index (χ2n) is 11.4. The number of halogens is 1. The lowest BCUT2D eigenvalue weighted by Gasteiger charge is -2.64. The molecule has 2 bridgehead atoms. The van der Waals surface area contributed by atoms with Crippen molar-refractivity contribution < 1.29 is 32.2 Å². The van der Waals surface area contributed by atoms with Gasteiger partial charge >= 0.3 is 7.12 Å². The third kappa shape index (κ3) is 5.04. The molecule has 0 spiro atoms. The Morgan fingerprint density at radius 1 is 1.03 bits per heavy atom. The van der Waals surface area contributed by atoms with Crippen LogP contribution in [0.25, 0.3) is 0 Å².